The highest BCUT2D eigenvalue weighted by molar-refractivity contribution is 5.69. The number of esters is 6. The molecular formula is C58H88O16. The number of carbonyl (C=O) groups excluding carboxylic acids is 6. The molecule has 2 spiro atoms. The van der Waals surface area contributed by atoms with Gasteiger partial charge in [-0.3, -0.25) is 28.8 Å². The smallest absolute Gasteiger partial charge is 0.305 e. The standard InChI is InChI=1S/C58H88O16/c1-31(13-19-49(63)65-11)39-15-17-41-51-43(27-47(55(39,41)9)69-35(5)61)53(7)23-24-57(29-38(53)26-46(51)68-34(4)60)71-73-58(74-72-57)22-21-37-25-45(67-33(3)59)52-42-18-16-40(32(2)14-20-50(64)66-12)56(42,10)48(70-36(6)62)28-44(52)54(37,8)30-58/h31-32,37-48,51-52H,13-30H2,1-12H3/t31?,32?,37-,38+,39+,40+,41?,42?,43?,44?,45+,46+,47-,48-,51?,52?,53-,54-,55+,56+,57?,58?/m0/s1. The van der Waals surface area contributed by atoms with Crippen LogP contribution in [0.1, 0.15) is 185 Å². The van der Waals surface area contributed by atoms with Gasteiger partial charge in [-0.15, -0.1) is 0 Å². The quantitative estimate of drug-likeness (QED) is 0.102. The molecule has 74 heavy (non-hydrogen) atoms. The number of rotatable bonds is 12. The predicted molar refractivity (Wildman–Crippen MR) is 265 cm³/mol. The lowest BCUT2D eigenvalue weighted by molar-refractivity contribution is -0.668. The second-order valence-electron chi connectivity index (χ2n) is 26.3. The maximum atomic E-state index is 13.1. The second kappa shape index (κ2) is 20.5. The van der Waals surface area contributed by atoms with Gasteiger partial charge in [-0.05, 0) is 147 Å². The number of hydrogen-bond donors (Lipinski definition) is 0. The van der Waals surface area contributed by atoms with Crippen molar-refractivity contribution in [2.75, 3.05) is 14.2 Å². The number of fused-ring (bicyclic) bond motifs is 10. The van der Waals surface area contributed by atoms with Crippen molar-refractivity contribution in [2.45, 2.75) is 221 Å². The fourth-order valence-corrected chi connectivity index (χ4v) is 19.6. The van der Waals surface area contributed by atoms with Gasteiger partial charge in [0.1, 0.15) is 24.4 Å². The predicted octanol–water partition coefficient (Wildman–Crippen LogP) is 9.95. The average molecular weight is 1040 g/mol. The summed E-state index contributed by atoms with van der Waals surface area (Å²) in [6.07, 6.45) is 10.1. The molecule has 0 N–H and O–H groups in total. The number of ether oxygens (including phenoxy) is 6. The van der Waals surface area contributed by atoms with Gasteiger partial charge in [0.2, 0.25) is 11.6 Å². The Bertz CT molecular complexity index is 2150. The van der Waals surface area contributed by atoms with Crippen LogP contribution in [0.15, 0.2) is 0 Å². The molecule has 8 saturated carbocycles. The van der Waals surface area contributed by atoms with E-state index in [4.69, 9.17) is 48.0 Å². The molecule has 0 bridgehead atoms. The van der Waals surface area contributed by atoms with E-state index in [2.05, 4.69) is 41.5 Å². The summed E-state index contributed by atoms with van der Waals surface area (Å²) in [5.41, 5.74) is -1.45. The van der Waals surface area contributed by atoms with Crippen molar-refractivity contribution in [2.24, 2.45) is 92.7 Å². The molecule has 1 saturated heterocycles. The molecule has 8 unspecified atom stereocenters. The Balaban J connectivity index is 0.951. The summed E-state index contributed by atoms with van der Waals surface area (Å²) in [7, 11) is 2.83. The van der Waals surface area contributed by atoms with Gasteiger partial charge < -0.3 is 28.4 Å². The minimum absolute atomic E-state index is 0.0128. The third-order valence-electron chi connectivity index (χ3n) is 22.9. The van der Waals surface area contributed by atoms with Crippen LogP contribution in [0.2, 0.25) is 0 Å². The Morgan fingerprint density at radius 3 is 1.38 bits per heavy atom. The van der Waals surface area contributed by atoms with Gasteiger partial charge in [0.15, 0.2) is 0 Å². The van der Waals surface area contributed by atoms with Gasteiger partial charge >= 0.3 is 35.8 Å². The van der Waals surface area contributed by atoms with Crippen molar-refractivity contribution >= 4 is 35.8 Å². The molecule has 0 aromatic heterocycles. The fraction of sp³-hybridized carbons (Fsp3) is 0.897. The van der Waals surface area contributed by atoms with Gasteiger partial charge in [-0.2, -0.15) is 19.6 Å². The highest BCUT2D eigenvalue weighted by Crippen LogP contribution is 2.73. The van der Waals surface area contributed by atoms with E-state index < -0.39 is 28.5 Å². The SMILES string of the molecule is COC(=O)CCC(C)[C@H]1CCC2C3C(C[C@H](OC(C)=O)[C@@]21C)[C@@]1(C)CCC2(C[C@H]1C[C@H]3OC(C)=O)OOC1(CC[C@H]3C[C@@H](OC(C)=O)C4C5CC[C@H](C(C)CCC(=O)OC)[C@@]5(C)[C@@H](OC(C)=O)CC4[C@@]3(C)C1)OO2. The first-order valence-electron chi connectivity index (χ1n) is 28.4. The van der Waals surface area contributed by atoms with Crippen molar-refractivity contribution in [1.29, 1.82) is 0 Å². The molecule has 16 heteroatoms. The molecular weight excluding hydrogens is 953 g/mol. The zero-order valence-corrected chi connectivity index (χ0v) is 46.5. The van der Waals surface area contributed by atoms with Crippen LogP contribution in [-0.4, -0.2) is 86.0 Å². The molecule has 9 rings (SSSR count). The van der Waals surface area contributed by atoms with Crippen molar-refractivity contribution in [3.05, 3.63) is 0 Å². The first kappa shape index (κ1) is 55.4. The molecule has 9 aliphatic rings. The number of carbonyl (C=O) groups is 6. The molecule has 416 valence electrons. The average Bonchev–Trinajstić information content (AvgIpc) is 3.89. The van der Waals surface area contributed by atoms with Gasteiger partial charge in [0.05, 0.1) is 14.2 Å². The number of methoxy groups -OCH3 is 2. The van der Waals surface area contributed by atoms with Crippen molar-refractivity contribution in [3.63, 3.8) is 0 Å². The van der Waals surface area contributed by atoms with Crippen LogP contribution in [0.5, 0.6) is 0 Å². The zero-order chi connectivity index (χ0) is 53.5. The lowest BCUT2D eigenvalue weighted by atomic mass is 9.42. The summed E-state index contributed by atoms with van der Waals surface area (Å²) in [4.78, 5) is 103. The van der Waals surface area contributed by atoms with Crippen LogP contribution >= 0.6 is 0 Å². The zero-order valence-electron chi connectivity index (χ0n) is 46.5. The summed E-state index contributed by atoms with van der Waals surface area (Å²) < 4.78 is 35.5. The summed E-state index contributed by atoms with van der Waals surface area (Å²) in [6.45, 7) is 19.6. The fourth-order valence-electron chi connectivity index (χ4n) is 19.6. The van der Waals surface area contributed by atoms with E-state index in [0.717, 1.165) is 32.1 Å². The first-order valence-corrected chi connectivity index (χ1v) is 28.4. The molecule has 0 aromatic carbocycles. The minimum Gasteiger partial charge on any atom is -0.469 e. The van der Waals surface area contributed by atoms with Crippen molar-refractivity contribution in [1.82, 2.24) is 0 Å². The summed E-state index contributed by atoms with van der Waals surface area (Å²) in [5.74, 6) is -2.99. The summed E-state index contributed by atoms with van der Waals surface area (Å²) in [6, 6.07) is 0. The third kappa shape index (κ3) is 9.42. The molecule has 0 amide bonds. The first-order chi connectivity index (χ1) is 34.9. The Kier molecular flexibility index (Phi) is 15.3. The maximum Gasteiger partial charge on any atom is 0.305 e. The van der Waals surface area contributed by atoms with Gasteiger partial charge in [0.25, 0.3) is 0 Å². The van der Waals surface area contributed by atoms with E-state index in [1.54, 1.807) is 0 Å². The van der Waals surface area contributed by atoms with E-state index in [1.807, 2.05) is 0 Å². The van der Waals surface area contributed by atoms with Crippen LogP contribution < -0.4 is 0 Å². The highest BCUT2D eigenvalue weighted by atomic mass is 17.4. The monoisotopic (exact) mass is 1040 g/mol. The Hall–Kier alpha value is -3.34. The number of hydrogen-bond acceptors (Lipinski definition) is 16. The second-order valence-corrected chi connectivity index (χ2v) is 26.3. The maximum absolute atomic E-state index is 13.1. The van der Waals surface area contributed by atoms with E-state index in [0.29, 0.717) is 83.5 Å². The van der Waals surface area contributed by atoms with Crippen molar-refractivity contribution < 1.29 is 76.7 Å². The Morgan fingerprint density at radius 2 is 0.932 bits per heavy atom. The molecule has 16 nitrogen and oxygen atoms in total. The van der Waals surface area contributed by atoms with Crippen LogP contribution in [0.3, 0.4) is 0 Å². The lowest BCUT2D eigenvalue weighted by Crippen LogP contribution is -2.67. The molecule has 1 aliphatic heterocycles. The largest absolute Gasteiger partial charge is 0.469 e. The van der Waals surface area contributed by atoms with Gasteiger partial charge in [-0.25, -0.2) is 0 Å². The highest BCUT2D eigenvalue weighted by Gasteiger charge is 2.72. The molecule has 0 radical (unpaired) electrons. The topological polar surface area (TPSA) is 195 Å². The summed E-state index contributed by atoms with van der Waals surface area (Å²) in [5, 5.41) is 0. The molecule has 20 atom stereocenters. The van der Waals surface area contributed by atoms with Crippen molar-refractivity contribution in [3.8, 4) is 0 Å². The van der Waals surface area contributed by atoms with Gasteiger partial charge in [-0.1, -0.05) is 41.5 Å². The molecule has 9 fully saturated rings. The summed E-state index contributed by atoms with van der Waals surface area (Å²) >= 11 is 0. The van der Waals surface area contributed by atoms with Crippen LogP contribution in [-0.2, 0) is 76.7 Å². The van der Waals surface area contributed by atoms with E-state index >= 15 is 0 Å². The van der Waals surface area contributed by atoms with E-state index in [-0.39, 0.29) is 136 Å². The third-order valence-corrected chi connectivity index (χ3v) is 22.9. The van der Waals surface area contributed by atoms with Crippen LogP contribution in [0.4, 0.5) is 0 Å². The lowest BCUT2D eigenvalue weighted by Gasteiger charge is -2.66. The minimum atomic E-state index is -1.22. The molecule has 0 aromatic rings. The van der Waals surface area contributed by atoms with E-state index in [9.17, 15) is 28.8 Å². The molecule has 1 heterocycles. The van der Waals surface area contributed by atoms with E-state index in [1.165, 1.54) is 41.9 Å². The van der Waals surface area contributed by atoms with Gasteiger partial charge in [0, 0.05) is 88.9 Å². The van der Waals surface area contributed by atoms with Crippen LogP contribution in [0.25, 0.3) is 0 Å². The van der Waals surface area contributed by atoms with Crippen LogP contribution in [0, 0.1) is 92.7 Å². The Labute approximate surface area is 438 Å². The Morgan fingerprint density at radius 1 is 0.500 bits per heavy atom. The normalized spacial score (nSPS) is 46.7. The molecule has 8 aliphatic carbocycles.